The summed E-state index contributed by atoms with van der Waals surface area (Å²) in [4.78, 5) is 2.32. The van der Waals surface area contributed by atoms with Gasteiger partial charge in [-0.15, -0.1) is 0 Å². The fraction of sp³-hybridized carbons (Fsp3) is 0.600. The lowest BCUT2D eigenvalue weighted by Gasteiger charge is -2.20. The summed E-state index contributed by atoms with van der Waals surface area (Å²) >= 11 is 0. The molecule has 0 saturated carbocycles. The molecular formula is C15H26N2O3S. The molecule has 0 atom stereocenters. The Hall–Kier alpha value is -0.950. The number of nitrogens with zero attached hydrogens (tertiary/aromatic N) is 1. The number of unbranched alkanes of at least 4 members (excludes halogenated alkanes) is 1. The number of benzene rings is 1. The molecule has 21 heavy (non-hydrogen) atoms. The van der Waals surface area contributed by atoms with Crippen molar-refractivity contribution >= 4 is 9.84 Å². The predicted octanol–water partition coefficient (Wildman–Crippen LogP) is 1.01. The molecule has 5 nitrogen and oxygen atoms in total. The van der Waals surface area contributed by atoms with Gasteiger partial charge in [-0.1, -0.05) is 25.5 Å². The Morgan fingerprint density at radius 1 is 1.24 bits per heavy atom. The molecule has 0 aliphatic heterocycles. The summed E-state index contributed by atoms with van der Waals surface area (Å²) in [7, 11) is -3.31. The van der Waals surface area contributed by atoms with Crippen LogP contribution in [0.3, 0.4) is 0 Å². The first kappa shape index (κ1) is 18.1. The van der Waals surface area contributed by atoms with Crippen molar-refractivity contribution in [3.63, 3.8) is 0 Å². The average Bonchev–Trinajstić information content (AvgIpc) is 2.50. The van der Waals surface area contributed by atoms with E-state index in [9.17, 15) is 8.42 Å². The molecule has 1 aromatic carbocycles. The van der Waals surface area contributed by atoms with Gasteiger partial charge in [0.15, 0.2) is 9.84 Å². The van der Waals surface area contributed by atoms with Gasteiger partial charge in [0.1, 0.15) is 0 Å². The topological polar surface area (TPSA) is 83.6 Å². The third-order valence-electron chi connectivity index (χ3n) is 3.41. The van der Waals surface area contributed by atoms with Gasteiger partial charge >= 0.3 is 0 Å². The standard InChI is InChI=1S/C15H26N2O3S/c1-2-3-7-17(8-10-18)9-11-21(19,20)15-6-4-5-14(12-15)13-16/h4-6,12,18H,2-3,7-11,13,16H2,1H3. The van der Waals surface area contributed by atoms with Gasteiger partial charge in [0.05, 0.1) is 17.3 Å². The third kappa shape index (κ3) is 6.13. The molecule has 0 bridgehead atoms. The maximum Gasteiger partial charge on any atom is 0.179 e. The minimum Gasteiger partial charge on any atom is -0.395 e. The fourth-order valence-corrected chi connectivity index (χ4v) is 3.44. The van der Waals surface area contributed by atoms with Crippen LogP contribution in [0.1, 0.15) is 25.3 Å². The molecule has 0 aromatic heterocycles. The molecule has 0 amide bonds. The summed E-state index contributed by atoms with van der Waals surface area (Å²) in [5.41, 5.74) is 6.36. The molecule has 3 N–H and O–H groups in total. The smallest absolute Gasteiger partial charge is 0.179 e. The second kappa shape index (κ2) is 9.15. The van der Waals surface area contributed by atoms with Crippen LogP contribution in [0, 0.1) is 0 Å². The van der Waals surface area contributed by atoms with Crippen molar-refractivity contribution in [1.82, 2.24) is 4.90 Å². The van der Waals surface area contributed by atoms with Gasteiger partial charge in [-0.25, -0.2) is 8.42 Å². The third-order valence-corrected chi connectivity index (χ3v) is 5.11. The van der Waals surface area contributed by atoms with Crippen LogP contribution in [-0.2, 0) is 16.4 Å². The lowest BCUT2D eigenvalue weighted by atomic mass is 10.2. The fourth-order valence-electron chi connectivity index (χ4n) is 2.09. The van der Waals surface area contributed by atoms with E-state index in [4.69, 9.17) is 10.8 Å². The SMILES string of the molecule is CCCCN(CCO)CCS(=O)(=O)c1cccc(CN)c1. The van der Waals surface area contributed by atoms with E-state index in [0.29, 0.717) is 24.5 Å². The average molecular weight is 314 g/mol. The molecule has 0 aliphatic rings. The van der Waals surface area contributed by atoms with Crippen LogP contribution in [0.15, 0.2) is 29.2 Å². The Bertz CT molecular complexity index is 517. The number of hydrogen-bond acceptors (Lipinski definition) is 5. The highest BCUT2D eigenvalue weighted by Crippen LogP contribution is 2.13. The number of sulfone groups is 1. The molecule has 1 aromatic rings. The van der Waals surface area contributed by atoms with Gasteiger partial charge in [-0.2, -0.15) is 0 Å². The maximum atomic E-state index is 12.4. The first-order chi connectivity index (χ1) is 10.0. The van der Waals surface area contributed by atoms with Crippen LogP contribution in [-0.4, -0.2) is 50.4 Å². The molecule has 0 unspecified atom stereocenters. The van der Waals surface area contributed by atoms with E-state index in [2.05, 4.69) is 6.92 Å². The molecule has 120 valence electrons. The molecule has 0 fully saturated rings. The second-order valence-corrected chi connectivity index (χ2v) is 7.20. The van der Waals surface area contributed by atoms with Crippen LogP contribution in [0.25, 0.3) is 0 Å². The zero-order valence-corrected chi connectivity index (χ0v) is 13.5. The second-order valence-electron chi connectivity index (χ2n) is 5.09. The number of aliphatic hydroxyl groups is 1. The Morgan fingerprint density at radius 2 is 2.00 bits per heavy atom. The van der Waals surface area contributed by atoms with Crippen LogP contribution in [0.5, 0.6) is 0 Å². The molecule has 0 spiro atoms. The van der Waals surface area contributed by atoms with E-state index in [1.807, 2.05) is 11.0 Å². The Kier molecular flexibility index (Phi) is 7.88. The molecule has 0 saturated heterocycles. The number of nitrogens with two attached hydrogens (primary N) is 1. The predicted molar refractivity (Wildman–Crippen MR) is 84.8 cm³/mol. The lowest BCUT2D eigenvalue weighted by molar-refractivity contribution is 0.201. The zero-order valence-electron chi connectivity index (χ0n) is 12.7. The molecule has 0 heterocycles. The minimum atomic E-state index is -3.31. The van der Waals surface area contributed by atoms with E-state index in [1.165, 1.54) is 0 Å². The van der Waals surface area contributed by atoms with Gasteiger partial charge in [-0.05, 0) is 30.7 Å². The summed E-state index contributed by atoms with van der Waals surface area (Å²) in [6.07, 6.45) is 2.05. The van der Waals surface area contributed by atoms with Crippen LogP contribution < -0.4 is 5.73 Å². The van der Waals surface area contributed by atoms with Crippen molar-refractivity contribution in [3.05, 3.63) is 29.8 Å². The Balaban J connectivity index is 2.69. The first-order valence-corrected chi connectivity index (χ1v) is 9.03. The van der Waals surface area contributed by atoms with E-state index in [1.54, 1.807) is 18.2 Å². The molecular weight excluding hydrogens is 288 g/mol. The summed E-state index contributed by atoms with van der Waals surface area (Å²) in [6, 6.07) is 6.78. The normalized spacial score (nSPS) is 12.0. The molecule has 0 radical (unpaired) electrons. The largest absolute Gasteiger partial charge is 0.395 e. The summed E-state index contributed by atoms with van der Waals surface area (Å²) in [6.45, 7) is 4.23. The van der Waals surface area contributed by atoms with E-state index in [-0.39, 0.29) is 12.4 Å². The highest BCUT2D eigenvalue weighted by atomic mass is 32.2. The van der Waals surface area contributed by atoms with Crippen LogP contribution in [0.4, 0.5) is 0 Å². The van der Waals surface area contributed by atoms with E-state index < -0.39 is 9.84 Å². The van der Waals surface area contributed by atoms with Gasteiger partial charge in [0, 0.05) is 19.6 Å². The van der Waals surface area contributed by atoms with Gasteiger partial charge in [0.2, 0.25) is 0 Å². The summed E-state index contributed by atoms with van der Waals surface area (Å²) < 4.78 is 24.7. The minimum absolute atomic E-state index is 0.0480. The van der Waals surface area contributed by atoms with E-state index in [0.717, 1.165) is 24.9 Å². The van der Waals surface area contributed by atoms with Crippen molar-refractivity contribution in [1.29, 1.82) is 0 Å². The maximum absolute atomic E-state index is 12.4. The number of hydrogen-bond donors (Lipinski definition) is 2. The summed E-state index contributed by atoms with van der Waals surface area (Å²) in [5, 5.41) is 9.05. The van der Waals surface area contributed by atoms with Gasteiger partial charge < -0.3 is 15.7 Å². The molecule has 1 rings (SSSR count). The zero-order chi connectivity index (χ0) is 15.7. The van der Waals surface area contributed by atoms with Crippen LogP contribution in [0.2, 0.25) is 0 Å². The highest BCUT2D eigenvalue weighted by molar-refractivity contribution is 7.91. The lowest BCUT2D eigenvalue weighted by Crippen LogP contribution is -2.32. The first-order valence-electron chi connectivity index (χ1n) is 7.38. The number of rotatable bonds is 10. The van der Waals surface area contributed by atoms with Crippen molar-refractivity contribution in [2.24, 2.45) is 5.73 Å². The quantitative estimate of drug-likeness (QED) is 0.673. The van der Waals surface area contributed by atoms with Crippen molar-refractivity contribution in [2.75, 3.05) is 32.0 Å². The monoisotopic (exact) mass is 314 g/mol. The highest BCUT2D eigenvalue weighted by Gasteiger charge is 2.16. The number of aliphatic hydroxyl groups excluding tert-OH is 1. The van der Waals surface area contributed by atoms with E-state index >= 15 is 0 Å². The molecule has 0 aliphatic carbocycles. The Labute approximate surface area is 127 Å². The van der Waals surface area contributed by atoms with Crippen molar-refractivity contribution in [2.45, 2.75) is 31.2 Å². The Morgan fingerprint density at radius 3 is 2.62 bits per heavy atom. The van der Waals surface area contributed by atoms with Gasteiger partial charge in [-0.3, -0.25) is 0 Å². The van der Waals surface area contributed by atoms with Crippen molar-refractivity contribution < 1.29 is 13.5 Å². The van der Waals surface area contributed by atoms with Crippen molar-refractivity contribution in [3.8, 4) is 0 Å². The van der Waals surface area contributed by atoms with Crippen LogP contribution >= 0.6 is 0 Å². The summed E-state index contributed by atoms with van der Waals surface area (Å²) in [5.74, 6) is 0.0603. The van der Waals surface area contributed by atoms with Gasteiger partial charge in [0.25, 0.3) is 0 Å². The molecule has 6 heteroatoms.